The summed E-state index contributed by atoms with van der Waals surface area (Å²) in [6.45, 7) is 4.41. The fraction of sp³-hybridized carbons (Fsp3) is 0.207. The molecular weight excluding hydrogens is 453 g/mol. The summed E-state index contributed by atoms with van der Waals surface area (Å²) in [5.41, 5.74) is 4.51. The summed E-state index contributed by atoms with van der Waals surface area (Å²) in [4.78, 5) is 26.5. The van der Waals surface area contributed by atoms with Crippen LogP contribution in [0.25, 0.3) is 11.4 Å². The Hall–Kier alpha value is -4.26. The highest BCUT2D eigenvalue weighted by Crippen LogP contribution is 2.28. The van der Waals surface area contributed by atoms with Crippen molar-refractivity contribution in [2.24, 2.45) is 0 Å². The number of nitrogens with one attached hydrogen (secondary N) is 1. The van der Waals surface area contributed by atoms with E-state index in [9.17, 15) is 9.18 Å². The van der Waals surface area contributed by atoms with Gasteiger partial charge in [0.15, 0.2) is 5.82 Å². The van der Waals surface area contributed by atoms with E-state index < -0.39 is 0 Å². The number of piperazine rings is 1. The van der Waals surface area contributed by atoms with Crippen LogP contribution in [0.3, 0.4) is 0 Å². The van der Waals surface area contributed by atoms with Crippen LogP contribution in [-0.4, -0.2) is 47.1 Å². The van der Waals surface area contributed by atoms with Crippen molar-refractivity contribution in [2.45, 2.75) is 13.3 Å². The molecule has 1 N–H and O–H groups in total. The van der Waals surface area contributed by atoms with Gasteiger partial charge in [0.05, 0.1) is 0 Å². The summed E-state index contributed by atoms with van der Waals surface area (Å²) in [6, 6.07) is 26.0. The molecule has 1 aliphatic rings. The molecule has 0 bridgehead atoms. The number of nitrogens with zero attached hydrogens (tertiary/aromatic N) is 4. The topological polar surface area (TPSA) is 61.4 Å². The first-order valence-electron chi connectivity index (χ1n) is 12.1. The van der Waals surface area contributed by atoms with Crippen LogP contribution in [-0.2, 0) is 6.42 Å². The molecule has 5 rings (SSSR count). The van der Waals surface area contributed by atoms with E-state index >= 15 is 0 Å². The van der Waals surface area contributed by atoms with Gasteiger partial charge in [-0.3, -0.25) is 0 Å². The summed E-state index contributed by atoms with van der Waals surface area (Å²) in [5.74, 6) is 1.03. The van der Waals surface area contributed by atoms with Gasteiger partial charge in [-0.15, -0.1) is 0 Å². The lowest BCUT2D eigenvalue weighted by molar-refractivity contribution is 0.208. The Balaban J connectivity index is 1.41. The van der Waals surface area contributed by atoms with Crippen LogP contribution >= 0.6 is 0 Å². The van der Waals surface area contributed by atoms with E-state index in [-0.39, 0.29) is 11.8 Å². The number of urea groups is 1. The molecule has 0 spiro atoms. The molecule has 7 heteroatoms. The lowest BCUT2D eigenvalue weighted by Gasteiger charge is -2.36. The van der Waals surface area contributed by atoms with Gasteiger partial charge in [0.1, 0.15) is 11.6 Å². The molecule has 6 nitrogen and oxygen atoms in total. The average Bonchev–Trinajstić information content (AvgIpc) is 2.91. The first-order chi connectivity index (χ1) is 17.6. The van der Waals surface area contributed by atoms with Gasteiger partial charge < -0.3 is 15.1 Å². The number of hydrogen-bond acceptors (Lipinski definition) is 4. The van der Waals surface area contributed by atoms with Crippen molar-refractivity contribution in [1.29, 1.82) is 0 Å². The zero-order valence-electron chi connectivity index (χ0n) is 20.2. The Labute approximate surface area is 210 Å². The Morgan fingerprint density at radius 1 is 0.889 bits per heavy atom. The predicted octanol–water partition coefficient (Wildman–Crippen LogP) is 5.54. The van der Waals surface area contributed by atoms with Gasteiger partial charge in [-0.05, 0) is 36.8 Å². The van der Waals surface area contributed by atoms with Crippen LogP contribution in [0, 0.1) is 12.7 Å². The van der Waals surface area contributed by atoms with Crippen LogP contribution in [0.5, 0.6) is 0 Å². The average molecular weight is 482 g/mol. The number of anilines is 2. The van der Waals surface area contributed by atoms with Crippen molar-refractivity contribution in [3.05, 3.63) is 108 Å². The summed E-state index contributed by atoms with van der Waals surface area (Å²) >= 11 is 0. The molecule has 4 aromatic rings. The van der Waals surface area contributed by atoms with Gasteiger partial charge in [-0.25, -0.2) is 19.2 Å². The summed E-state index contributed by atoms with van der Waals surface area (Å²) < 4.78 is 13.9. The fourth-order valence-corrected chi connectivity index (χ4v) is 4.45. The molecule has 3 aromatic carbocycles. The highest BCUT2D eigenvalue weighted by Gasteiger charge is 2.25. The number of halogens is 1. The van der Waals surface area contributed by atoms with Crippen molar-refractivity contribution >= 4 is 17.5 Å². The van der Waals surface area contributed by atoms with E-state index in [0.29, 0.717) is 44.0 Å². The highest BCUT2D eigenvalue weighted by molar-refractivity contribution is 5.89. The fourth-order valence-electron chi connectivity index (χ4n) is 4.45. The largest absolute Gasteiger partial charge is 0.353 e. The molecule has 36 heavy (non-hydrogen) atoms. The maximum atomic E-state index is 13.9. The zero-order chi connectivity index (χ0) is 24.9. The van der Waals surface area contributed by atoms with Crippen molar-refractivity contribution in [2.75, 3.05) is 36.4 Å². The quantitative estimate of drug-likeness (QED) is 0.407. The Morgan fingerprint density at radius 2 is 1.58 bits per heavy atom. The molecule has 2 amide bonds. The van der Waals surface area contributed by atoms with Gasteiger partial charge in [0.25, 0.3) is 0 Å². The molecule has 0 aliphatic carbocycles. The Morgan fingerprint density at radius 3 is 2.28 bits per heavy atom. The first-order valence-corrected chi connectivity index (χ1v) is 12.1. The van der Waals surface area contributed by atoms with Crippen molar-refractivity contribution in [3.8, 4) is 11.4 Å². The third kappa shape index (κ3) is 5.35. The monoisotopic (exact) mass is 481 g/mol. The molecule has 0 saturated carbocycles. The summed E-state index contributed by atoms with van der Waals surface area (Å²) in [6.07, 6.45) is 0.695. The standard InChI is InChI=1S/C29H28FN5O/c1-21-26(19-22-9-4-2-5-10-22)28(33-27(31-21)23-11-8-12-24(30)20-23)34-15-17-35(18-16-34)29(36)32-25-13-6-3-7-14-25/h2-14,20H,15-19H2,1H3,(H,32,36). The smallest absolute Gasteiger partial charge is 0.321 e. The minimum absolute atomic E-state index is 0.107. The third-order valence-corrected chi connectivity index (χ3v) is 6.39. The van der Waals surface area contributed by atoms with Crippen molar-refractivity contribution < 1.29 is 9.18 Å². The van der Waals surface area contributed by atoms with Crippen molar-refractivity contribution in [3.63, 3.8) is 0 Å². The summed E-state index contributed by atoms with van der Waals surface area (Å²) in [7, 11) is 0. The van der Waals surface area contributed by atoms with Crippen LogP contribution in [0.15, 0.2) is 84.9 Å². The molecular formula is C29H28FN5O. The molecule has 0 unspecified atom stereocenters. The van der Waals surface area contributed by atoms with Crippen LogP contribution in [0.2, 0.25) is 0 Å². The summed E-state index contributed by atoms with van der Waals surface area (Å²) in [5, 5.41) is 2.96. The van der Waals surface area contributed by atoms with Crippen LogP contribution in [0.1, 0.15) is 16.8 Å². The number of rotatable bonds is 5. The van der Waals surface area contributed by atoms with E-state index in [1.165, 1.54) is 17.7 Å². The second kappa shape index (κ2) is 10.6. The molecule has 182 valence electrons. The number of amides is 2. The van der Waals surface area contributed by atoms with Gasteiger partial charge >= 0.3 is 6.03 Å². The number of para-hydroxylation sites is 1. The van der Waals surface area contributed by atoms with Gasteiger partial charge in [0, 0.05) is 55.1 Å². The SMILES string of the molecule is Cc1nc(-c2cccc(F)c2)nc(N2CCN(C(=O)Nc3ccccc3)CC2)c1Cc1ccccc1. The number of carbonyl (C=O) groups excluding carboxylic acids is 1. The van der Waals surface area contributed by atoms with Crippen molar-refractivity contribution in [1.82, 2.24) is 14.9 Å². The van der Waals surface area contributed by atoms with Crippen LogP contribution < -0.4 is 10.2 Å². The van der Waals surface area contributed by atoms with Gasteiger partial charge in [0.2, 0.25) is 0 Å². The minimum Gasteiger partial charge on any atom is -0.353 e. The molecule has 1 saturated heterocycles. The van der Waals surface area contributed by atoms with Gasteiger partial charge in [-0.2, -0.15) is 0 Å². The van der Waals surface area contributed by atoms with E-state index in [4.69, 9.17) is 9.97 Å². The molecule has 0 radical (unpaired) electrons. The molecule has 1 fully saturated rings. The Bertz CT molecular complexity index is 1340. The van der Waals surface area contributed by atoms with E-state index in [1.54, 1.807) is 6.07 Å². The second-order valence-electron chi connectivity index (χ2n) is 8.88. The molecule has 1 aromatic heterocycles. The van der Waals surface area contributed by atoms with E-state index in [0.717, 1.165) is 22.8 Å². The normalized spacial score (nSPS) is 13.5. The van der Waals surface area contributed by atoms with E-state index in [2.05, 4.69) is 22.3 Å². The predicted molar refractivity (Wildman–Crippen MR) is 141 cm³/mol. The highest BCUT2D eigenvalue weighted by atomic mass is 19.1. The minimum atomic E-state index is -0.318. The maximum Gasteiger partial charge on any atom is 0.321 e. The van der Waals surface area contributed by atoms with E-state index in [1.807, 2.05) is 66.4 Å². The molecule has 2 heterocycles. The maximum absolute atomic E-state index is 13.9. The molecule has 1 aliphatic heterocycles. The van der Waals surface area contributed by atoms with Gasteiger partial charge in [-0.1, -0.05) is 60.7 Å². The number of hydrogen-bond donors (Lipinski definition) is 1. The third-order valence-electron chi connectivity index (χ3n) is 6.39. The zero-order valence-corrected chi connectivity index (χ0v) is 20.2. The lowest BCUT2D eigenvalue weighted by Crippen LogP contribution is -2.50. The number of benzene rings is 3. The number of aromatic nitrogens is 2. The van der Waals surface area contributed by atoms with Crippen LogP contribution in [0.4, 0.5) is 20.7 Å². The number of aryl methyl sites for hydroxylation is 1. The second-order valence-corrected chi connectivity index (χ2v) is 8.88. The Kier molecular flexibility index (Phi) is 6.89. The molecule has 0 atom stereocenters. The lowest BCUT2D eigenvalue weighted by atomic mass is 10.0. The number of carbonyl (C=O) groups is 1. The first kappa shape index (κ1) is 23.5.